The predicted octanol–water partition coefficient (Wildman–Crippen LogP) is 5.13. The number of rotatable bonds is 1. The third-order valence-corrected chi connectivity index (χ3v) is 6.28. The Kier molecular flexibility index (Phi) is 4.82. The van der Waals surface area contributed by atoms with E-state index < -0.39 is 11.2 Å². The highest BCUT2D eigenvalue weighted by Gasteiger charge is 2.41. The topological polar surface area (TPSA) is 49.8 Å². The van der Waals surface area contributed by atoms with Crippen molar-refractivity contribution in [1.29, 1.82) is 0 Å². The Labute approximate surface area is 159 Å². The molecule has 1 saturated heterocycles. The number of hydrogen-bond acceptors (Lipinski definition) is 4. The Balaban J connectivity index is 1.83. The van der Waals surface area contributed by atoms with Gasteiger partial charge in [0.1, 0.15) is 11.2 Å². The Morgan fingerprint density at radius 3 is 2.62 bits per heavy atom. The van der Waals surface area contributed by atoms with Gasteiger partial charge in [-0.2, -0.15) is 0 Å². The first-order valence-electron chi connectivity index (χ1n) is 9.22. The number of hydrogen-bond donors (Lipinski definition) is 1. The maximum atomic E-state index is 12.4. The Morgan fingerprint density at radius 2 is 2.00 bits per heavy atom. The number of aryl methyl sites for hydroxylation is 2. The molecule has 1 aromatic heterocycles. The monoisotopic (exact) mass is 375 g/mol. The number of benzene rings is 1. The van der Waals surface area contributed by atoms with Gasteiger partial charge in [0, 0.05) is 28.6 Å². The Morgan fingerprint density at radius 1 is 1.31 bits per heavy atom. The van der Waals surface area contributed by atoms with Crippen molar-refractivity contribution in [3.8, 4) is 0 Å². The van der Waals surface area contributed by atoms with Crippen LogP contribution >= 0.6 is 11.3 Å². The minimum absolute atomic E-state index is 0.0726. The lowest BCUT2D eigenvalue weighted by molar-refractivity contribution is -0.0525. The van der Waals surface area contributed by atoms with E-state index >= 15 is 0 Å². The molecule has 4 nitrogen and oxygen atoms in total. The largest absolute Gasteiger partial charge is 0.444 e. The van der Waals surface area contributed by atoms with Crippen LogP contribution in [0.5, 0.6) is 0 Å². The number of aliphatic hydroxyl groups is 1. The molecular weight excluding hydrogens is 346 g/mol. The fourth-order valence-corrected chi connectivity index (χ4v) is 5.12. The van der Waals surface area contributed by atoms with Gasteiger partial charge in [0.2, 0.25) is 0 Å². The highest BCUT2D eigenvalue weighted by atomic mass is 32.1. The number of carbonyl (C=O) groups is 1. The van der Waals surface area contributed by atoms with Gasteiger partial charge in [0.15, 0.2) is 0 Å². The summed E-state index contributed by atoms with van der Waals surface area (Å²) in [6, 6.07) is 6.41. The van der Waals surface area contributed by atoms with Gasteiger partial charge in [-0.1, -0.05) is 6.07 Å². The molecule has 0 bridgehead atoms. The number of nitrogens with zero attached hydrogens (tertiary/aromatic N) is 1. The molecule has 1 aliphatic heterocycles. The van der Waals surface area contributed by atoms with Gasteiger partial charge >= 0.3 is 6.09 Å². The van der Waals surface area contributed by atoms with E-state index in [1.165, 1.54) is 21.2 Å². The van der Waals surface area contributed by atoms with E-state index in [1.54, 1.807) is 16.2 Å². The molecule has 2 aromatic rings. The van der Waals surface area contributed by atoms with Gasteiger partial charge in [-0.05, 0) is 76.6 Å². The summed E-state index contributed by atoms with van der Waals surface area (Å²) in [5.74, 6) is 0. The molecule has 3 rings (SSSR count). The van der Waals surface area contributed by atoms with Crippen LogP contribution in [-0.2, 0) is 10.3 Å². The smallest absolute Gasteiger partial charge is 0.410 e. The number of amides is 1. The van der Waals surface area contributed by atoms with E-state index in [2.05, 4.69) is 32.0 Å². The van der Waals surface area contributed by atoms with Crippen molar-refractivity contribution in [3.05, 3.63) is 34.2 Å². The van der Waals surface area contributed by atoms with Crippen molar-refractivity contribution in [1.82, 2.24) is 4.90 Å². The first-order valence-corrected chi connectivity index (χ1v) is 10.0. The summed E-state index contributed by atoms with van der Waals surface area (Å²) in [6.07, 6.45) is 0.758. The van der Waals surface area contributed by atoms with Gasteiger partial charge < -0.3 is 14.7 Å². The maximum absolute atomic E-state index is 12.4. The van der Waals surface area contributed by atoms with Crippen LogP contribution in [0.1, 0.15) is 56.5 Å². The van der Waals surface area contributed by atoms with Gasteiger partial charge in [-0.25, -0.2) is 4.79 Å². The lowest BCUT2D eigenvalue weighted by Gasteiger charge is -2.42. The minimum Gasteiger partial charge on any atom is -0.444 e. The highest BCUT2D eigenvalue weighted by Crippen LogP contribution is 2.42. The van der Waals surface area contributed by atoms with Crippen LogP contribution in [0.3, 0.4) is 0 Å². The summed E-state index contributed by atoms with van der Waals surface area (Å²) >= 11 is 1.67. The molecule has 1 aromatic carbocycles. The number of piperidine rings is 1. The number of thiophene rings is 1. The number of likely N-dealkylation sites (tertiary alicyclic amines) is 1. The first kappa shape index (κ1) is 19.2. The Bertz CT molecular complexity index is 836. The highest BCUT2D eigenvalue weighted by molar-refractivity contribution is 7.19. The van der Waals surface area contributed by atoms with Crippen molar-refractivity contribution < 1.29 is 14.6 Å². The second-order valence-corrected chi connectivity index (χ2v) is 9.70. The van der Waals surface area contributed by atoms with E-state index in [1.807, 2.05) is 27.7 Å². The van der Waals surface area contributed by atoms with Crippen molar-refractivity contribution in [2.24, 2.45) is 0 Å². The molecule has 0 aliphatic carbocycles. The first-order chi connectivity index (χ1) is 12.0. The van der Waals surface area contributed by atoms with Crippen molar-refractivity contribution in [3.63, 3.8) is 0 Å². The minimum atomic E-state index is -0.887. The molecule has 1 aliphatic rings. The normalized spacial score (nSPS) is 24.1. The second-order valence-electron chi connectivity index (χ2n) is 8.61. The summed E-state index contributed by atoms with van der Waals surface area (Å²) < 4.78 is 6.72. The quantitative estimate of drug-likeness (QED) is 0.752. The molecular formula is C21H29NO3S. The zero-order valence-electron chi connectivity index (χ0n) is 16.5. The molecule has 2 unspecified atom stereocenters. The number of ether oxygens (including phenoxy) is 1. The summed E-state index contributed by atoms with van der Waals surface area (Å²) in [4.78, 5) is 15.2. The molecule has 2 atom stereocenters. The molecule has 5 heteroatoms. The van der Waals surface area contributed by atoms with Gasteiger partial charge in [0.25, 0.3) is 0 Å². The molecule has 1 amide bonds. The fraction of sp³-hybridized carbons (Fsp3) is 0.571. The SMILES string of the molecule is Cc1cc(C)c2cc(C3(O)CCN(C(=O)OC(C)(C)C)C(C)C3)sc2c1. The van der Waals surface area contributed by atoms with E-state index in [-0.39, 0.29) is 12.1 Å². The third kappa shape index (κ3) is 3.74. The molecule has 0 spiro atoms. The van der Waals surface area contributed by atoms with Crippen LogP contribution in [0, 0.1) is 13.8 Å². The zero-order valence-corrected chi connectivity index (χ0v) is 17.4. The Hall–Kier alpha value is -1.59. The standard InChI is InChI=1S/C21H29NO3S/c1-13-9-14(2)16-11-18(26-17(16)10-13)21(24)7-8-22(15(3)12-21)19(23)25-20(4,5)6/h9-11,15,24H,7-8,12H2,1-6H3. The summed E-state index contributed by atoms with van der Waals surface area (Å²) in [7, 11) is 0. The van der Waals surface area contributed by atoms with Gasteiger partial charge in [-0.3, -0.25) is 0 Å². The summed E-state index contributed by atoms with van der Waals surface area (Å²) in [6.45, 7) is 12.3. The molecule has 0 saturated carbocycles. The van der Waals surface area contributed by atoms with Crippen molar-refractivity contribution in [2.45, 2.75) is 71.6 Å². The van der Waals surface area contributed by atoms with E-state index in [4.69, 9.17) is 4.74 Å². The van der Waals surface area contributed by atoms with E-state index in [9.17, 15) is 9.90 Å². The van der Waals surface area contributed by atoms with Gasteiger partial charge in [0.05, 0.1) is 0 Å². The third-order valence-electron chi connectivity index (χ3n) is 5.01. The zero-order chi connectivity index (χ0) is 19.3. The van der Waals surface area contributed by atoms with E-state index in [0.717, 1.165) is 4.88 Å². The van der Waals surface area contributed by atoms with Crippen LogP contribution in [0.25, 0.3) is 10.1 Å². The van der Waals surface area contributed by atoms with Crippen LogP contribution in [0.2, 0.25) is 0 Å². The van der Waals surface area contributed by atoms with Crippen molar-refractivity contribution >= 4 is 27.5 Å². The van der Waals surface area contributed by atoms with Crippen LogP contribution in [-0.4, -0.2) is 34.3 Å². The van der Waals surface area contributed by atoms with Crippen LogP contribution < -0.4 is 0 Å². The van der Waals surface area contributed by atoms with Crippen molar-refractivity contribution in [2.75, 3.05) is 6.54 Å². The lowest BCUT2D eigenvalue weighted by Crippen LogP contribution is -2.51. The van der Waals surface area contributed by atoms with E-state index in [0.29, 0.717) is 19.4 Å². The molecule has 142 valence electrons. The van der Waals surface area contributed by atoms with Gasteiger partial charge in [-0.15, -0.1) is 11.3 Å². The second kappa shape index (κ2) is 6.54. The fourth-order valence-electron chi connectivity index (χ4n) is 3.76. The molecule has 1 N–H and O–H groups in total. The number of fused-ring (bicyclic) bond motifs is 1. The van der Waals surface area contributed by atoms with Crippen LogP contribution in [0.15, 0.2) is 18.2 Å². The van der Waals surface area contributed by atoms with Crippen LogP contribution in [0.4, 0.5) is 4.79 Å². The molecule has 2 heterocycles. The predicted molar refractivity (Wildman–Crippen MR) is 107 cm³/mol. The number of carbonyl (C=O) groups excluding carboxylic acids is 1. The molecule has 26 heavy (non-hydrogen) atoms. The summed E-state index contributed by atoms with van der Waals surface area (Å²) in [5.41, 5.74) is 1.08. The summed E-state index contributed by atoms with van der Waals surface area (Å²) in [5, 5.41) is 12.6. The average Bonchev–Trinajstić information content (AvgIpc) is 2.90. The molecule has 0 radical (unpaired) electrons. The molecule has 1 fully saturated rings. The maximum Gasteiger partial charge on any atom is 0.410 e. The average molecular weight is 376 g/mol. The lowest BCUT2D eigenvalue weighted by atomic mass is 9.85.